The number of nitrogens with one attached hydrogen (secondary N) is 1. The molecule has 1 aromatic heterocycles. The maximum Gasteiger partial charge on any atom is 0.0342 e. The molecule has 0 saturated heterocycles. The molecule has 1 heterocycles. The zero-order chi connectivity index (χ0) is 10.8. The molecule has 2 atom stereocenters. The van der Waals surface area contributed by atoms with Crippen molar-refractivity contribution in [2.75, 3.05) is 7.05 Å². The third kappa shape index (κ3) is 2.06. The van der Waals surface area contributed by atoms with E-state index in [0.717, 1.165) is 0 Å². The molecule has 15 heavy (non-hydrogen) atoms. The second-order valence-electron chi connectivity index (χ2n) is 4.08. The molecule has 0 spiro atoms. The van der Waals surface area contributed by atoms with Crippen LogP contribution >= 0.6 is 11.3 Å². The first-order valence-corrected chi connectivity index (χ1v) is 6.24. The summed E-state index contributed by atoms with van der Waals surface area (Å²) in [6.07, 6.45) is 0. The highest BCUT2D eigenvalue weighted by molar-refractivity contribution is 7.17. The Morgan fingerprint density at radius 3 is 2.73 bits per heavy atom. The van der Waals surface area contributed by atoms with Gasteiger partial charge in [0.25, 0.3) is 0 Å². The fourth-order valence-electron chi connectivity index (χ4n) is 1.81. The van der Waals surface area contributed by atoms with Gasteiger partial charge in [-0.3, -0.25) is 0 Å². The molecule has 0 radical (unpaired) electrons. The molecule has 80 valence electrons. The normalized spacial score (nSPS) is 15.4. The lowest BCUT2D eigenvalue weighted by Gasteiger charge is -2.19. The molecule has 2 heteroatoms. The number of hydrogen-bond donors (Lipinski definition) is 1. The number of benzene rings is 1. The Labute approximate surface area is 95.1 Å². The van der Waals surface area contributed by atoms with Crippen molar-refractivity contribution in [1.29, 1.82) is 0 Å². The molecule has 2 aromatic rings. The number of likely N-dealkylation sites (N-methyl/N-ethyl adjacent to an activating group) is 1. The summed E-state index contributed by atoms with van der Waals surface area (Å²) in [5.41, 5.74) is 1.42. The van der Waals surface area contributed by atoms with Gasteiger partial charge in [0.05, 0.1) is 0 Å². The summed E-state index contributed by atoms with van der Waals surface area (Å²) in [5, 5.41) is 6.83. The standard InChI is InChI=1S/C13H17NS/c1-9(10(2)14-3)11-4-5-13-12(8-11)6-7-15-13/h4-10,14H,1-3H3. The Kier molecular flexibility index (Phi) is 3.08. The first-order valence-electron chi connectivity index (χ1n) is 5.37. The number of rotatable bonds is 3. The molecule has 0 aliphatic rings. The van der Waals surface area contributed by atoms with Crippen LogP contribution in [0.2, 0.25) is 0 Å². The molecular formula is C13H17NS. The van der Waals surface area contributed by atoms with Gasteiger partial charge in [-0.05, 0) is 54.4 Å². The summed E-state index contributed by atoms with van der Waals surface area (Å²) in [6, 6.07) is 9.50. The Hall–Kier alpha value is -0.860. The van der Waals surface area contributed by atoms with Crippen molar-refractivity contribution in [2.45, 2.75) is 25.8 Å². The summed E-state index contributed by atoms with van der Waals surface area (Å²) < 4.78 is 1.38. The van der Waals surface area contributed by atoms with Crippen molar-refractivity contribution in [3.8, 4) is 0 Å². The molecule has 0 amide bonds. The molecule has 1 aromatic carbocycles. The second kappa shape index (κ2) is 4.33. The van der Waals surface area contributed by atoms with Crippen molar-refractivity contribution >= 4 is 21.4 Å². The molecule has 1 nitrogen and oxygen atoms in total. The predicted molar refractivity (Wildman–Crippen MR) is 68.8 cm³/mol. The summed E-state index contributed by atoms with van der Waals surface area (Å²) in [7, 11) is 2.02. The fourth-order valence-corrected chi connectivity index (χ4v) is 2.58. The molecule has 0 fully saturated rings. The van der Waals surface area contributed by atoms with Crippen LogP contribution < -0.4 is 5.32 Å². The highest BCUT2D eigenvalue weighted by atomic mass is 32.1. The highest BCUT2D eigenvalue weighted by Crippen LogP contribution is 2.26. The van der Waals surface area contributed by atoms with Gasteiger partial charge in [-0.25, -0.2) is 0 Å². The van der Waals surface area contributed by atoms with Crippen LogP contribution in [0.15, 0.2) is 29.6 Å². The molecule has 0 bridgehead atoms. The second-order valence-corrected chi connectivity index (χ2v) is 5.03. The van der Waals surface area contributed by atoms with E-state index < -0.39 is 0 Å². The van der Waals surface area contributed by atoms with Crippen LogP contribution in [-0.2, 0) is 0 Å². The van der Waals surface area contributed by atoms with E-state index in [1.807, 2.05) is 7.05 Å². The third-order valence-corrected chi connectivity index (χ3v) is 4.11. The van der Waals surface area contributed by atoms with Gasteiger partial charge < -0.3 is 5.32 Å². The molecule has 0 aliphatic carbocycles. The minimum Gasteiger partial charge on any atom is -0.317 e. The smallest absolute Gasteiger partial charge is 0.0342 e. The van der Waals surface area contributed by atoms with Gasteiger partial charge in [0, 0.05) is 10.7 Å². The Morgan fingerprint density at radius 2 is 2.00 bits per heavy atom. The van der Waals surface area contributed by atoms with Crippen LogP contribution in [0.3, 0.4) is 0 Å². The largest absolute Gasteiger partial charge is 0.317 e. The SMILES string of the molecule is CNC(C)C(C)c1ccc2sccc2c1. The number of thiophene rings is 1. The maximum atomic E-state index is 3.31. The van der Waals surface area contributed by atoms with E-state index in [9.17, 15) is 0 Å². The molecule has 2 rings (SSSR count). The van der Waals surface area contributed by atoms with Crippen molar-refractivity contribution in [2.24, 2.45) is 0 Å². The van der Waals surface area contributed by atoms with Gasteiger partial charge in [0.1, 0.15) is 0 Å². The number of hydrogen-bond acceptors (Lipinski definition) is 2. The first kappa shape index (κ1) is 10.7. The van der Waals surface area contributed by atoms with E-state index in [-0.39, 0.29) is 0 Å². The van der Waals surface area contributed by atoms with E-state index in [1.54, 1.807) is 11.3 Å². The average Bonchev–Trinajstić information content (AvgIpc) is 2.73. The quantitative estimate of drug-likeness (QED) is 0.831. The van der Waals surface area contributed by atoms with E-state index in [1.165, 1.54) is 15.6 Å². The molecule has 2 unspecified atom stereocenters. The first-order chi connectivity index (χ1) is 7.22. The minimum atomic E-state index is 0.515. The highest BCUT2D eigenvalue weighted by Gasteiger charge is 2.12. The number of fused-ring (bicyclic) bond motifs is 1. The lowest BCUT2D eigenvalue weighted by atomic mass is 9.94. The van der Waals surface area contributed by atoms with E-state index in [4.69, 9.17) is 0 Å². The summed E-state index contributed by atoms with van der Waals surface area (Å²) in [4.78, 5) is 0. The van der Waals surface area contributed by atoms with Gasteiger partial charge in [-0.1, -0.05) is 13.0 Å². The lowest BCUT2D eigenvalue weighted by molar-refractivity contribution is 0.524. The fraction of sp³-hybridized carbons (Fsp3) is 0.385. The Bertz CT molecular complexity index is 446. The van der Waals surface area contributed by atoms with Crippen LogP contribution in [0.4, 0.5) is 0 Å². The van der Waals surface area contributed by atoms with Gasteiger partial charge in [0.2, 0.25) is 0 Å². The summed E-state index contributed by atoms with van der Waals surface area (Å²) in [6.45, 7) is 4.50. The topological polar surface area (TPSA) is 12.0 Å². The minimum absolute atomic E-state index is 0.515. The van der Waals surface area contributed by atoms with Crippen LogP contribution in [0, 0.1) is 0 Å². The monoisotopic (exact) mass is 219 g/mol. The zero-order valence-electron chi connectivity index (χ0n) is 9.45. The van der Waals surface area contributed by atoms with E-state index in [0.29, 0.717) is 12.0 Å². The summed E-state index contributed by atoms with van der Waals surface area (Å²) >= 11 is 1.81. The van der Waals surface area contributed by atoms with Crippen LogP contribution in [0.5, 0.6) is 0 Å². The predicted octanol–water partition coefficient (Wildman–Crippen LogP) is 3.61. The zero-order valence-corrected chi connectivity index (χ0v) is 10.3. The van der Waals surface area contributed by atoms with Gasteiger partial charge in [-0.15, -0.1) is 11.3 Å². The van der Waals surface area contributed by atoms with Gasteiger partial charge in [0.15, 0.2) is 0 Å². The van der Waals surface area contributed by atoms with Crippen molar-refractivity contribution in [3.05, 3.63) is 35.2 Å². The Balaban J connectivity index is 2.35. The Morgan fingerprint density at radius 1 is 1.20 bits per heavy atom. The molecule has 1 N–H and O–H groups in total. The third-order valence-electron chi connectivity index (χ3n) is 3.21. The van der Waals surface area contributed by atoms with E-state index in [2.05, 4.69) is 48.8 Å². The maximum absolute atomic E-state index is 3.31. The average molecular weight is 219 g/mol. The lowest BCUT2D eigenvalue weighted by Crippen LogP contribution is -2.27. The molecule has 0 saturated carbocycles. The van der Waals surface area contributed by atoms with E-state index >= 15 is 0 Å². The van der Waals surface area contributed by atoms with Crippen molar-refractivity contribution < 1.29 is 0 Å². The van der Waals surface area contributed by atoms with Crippen LogP contribution in [-0.4, -0.2) is 13.1 Å². The van der Waals surface area contributed by atoms with Gasteiger partial charge in [-0.2, -0.15) is 0 Å². The molecule has 0 aliphatic heterocycles. The van der Waals surface area contributed by atoms with Crippen LogP contribution in [0.1, 0.15) is 25.3 Å². The van der Waals surface area contributed by atoms with Crippen molar-refractivity contribution in [1.82, 2.24) is 5.32 Å². The van der Waals surface area contributed by atoms with Gasteiger partial charge >= 0.3 is 0 Å². The molecular weight excluding hydrogens is 202 g/mol. The van der Waals surface area contributed by atoms with Crippen molar-refractivity contribution in [3.63, 3.8) is 0 Å². The van der Waals surface area contributed by atoms with Crippen LogP contribution in [0.25, 0.3) is 10.1 Å². The summed E-state index contributed by atoms with van der Waals surface area (Å²) in [5.74, 6) is 0.555.